The number of allylic oxidation sites excluding steroid dienone is 1. The Balaban J connectivity index is 1.71. The molecule has 0 saturated carbocycles. The summed E-state index contributed by atoms with van der Waals surface area (Å²) in [6.45, 7) is 3.01. The maximum Gasteiger partial charge on any atom is 0.337 e. The molecule has 0 fully saturated rings. The van der Waals surface area contributed by atoms with E-state index in [0.29, 0.717) is 22.6 Å². The molecule has 3 rings (SSSR count). The molecule has 2 amide bonds. The highest BCUT2D eigenvalue weighted by molar-refractivity contribution is 9.10. The highest BCUT2D eigenvalue weighted by atomic mass is 79.9. The number of urea groups is 1. The number of benzene rings is 2. The van der Waals surface area contributed by atoms with E-state index in [1.807, 2.05) is 0 Å². The molecule has 0 spiro atoms. The zero-order valence-corrected chi connectivity index (χ0v) is 24.3. The Kier molecular flexibility index (Phi) is 11.0. The van der Waals surface area contributed by atoms with Gasteiger partial charge in [-0.15, -0.1) is 0 Å². The summed E-state index contributed by atoms with van der Waals surface area (Å²) in [5.74, 6) is -0.121. The smallest absolute Gasteiger partial charge is 0.337 e. The predicted molar refractivity (Wildman–Crippen MR) is 151 cm³/mol. The van der Waals surface area contributed by atoms with Crippen molar-refractivity contribution >= 4 is 39.8 Å². The second-order valence-corrected chi connectivity index (χ2v) is 9.32. The molecule has 0 unspecified atom stereocenters. The minimum atomic E-state index is -1.28. The minimum absolute atomic E-state index is 0.0913. The van der Waals surface area contributed by atoms with E-state index in [0.717, 1.165) is 0 Å². The average molecular weight is 647 g/mol. The number of nitro benzene ring substituents is 1. The molecular formula is C26H27BrN6O9. The van der Waals surface area contributed by atoms with Gasteiger partial charge in [0, 0.05) is 17.3 Å². The van der Waals surface area contributed by atoms with Crippen molar-refractivity contribution in [2.24, 2.45) is 5.10 Å². The van der Waals surface area contributed by atoms with Crippen LogP contribution in [0.25, 0.3) is 0 Å². The number of hydrogen-bond acceptors (Lipinski definition) is 12. The van der Waals surface area contributed by atoms with Crippen LogP contribution in [0.3, 0.4) is 0 Å². The summed E-state index contributed by atoms with van der Waals surface area (Å²) in [6.07, 6.45) is -0.0377. The van der Waals surface area contributed by atoms with Gasteiger partial charge in [-0.3, -0.25) is 15.5 Å². The van der Waals surface area contributed by atoms with Crippen molar-refractivity contribution < 1.29 is 38.6 Å². The Hall–Kier alpha value is -4.88. The third kappa shape index (κ3) is 7.86. The lowest BCUT2D eigenvalue weighted by Crippen LogP contribution is -2.45. The van der Waals surface area contributed by atoms with Crippen molar-refractivity contribution in [3.63, 3.8) is 0 Å². The first kappa shape index (κ1) is 31.6. The van der Waals surface area contributed by atoms with Crippen LogP contribution in [0, 0.1) is 21.4 Å². The Labute approximate surface area is 248 Å². The number of carbonyl (C=O) groups excluding carboxylic acids is 2. The van der Waals surface area contributed by atoms with Gasteiger partial charge < -0.3 is 34.7 Å². The molecule has 42 heavy (non-hydrogen) atoms. The van der Waals surface area contributed by atoms with Crippen LogP contribution >= 0.6 is 15.9 Å². The van der Waals surface area contributed by atoms with Crippen LogP contribution < -0.4 is 30.3 Å². The van der Waals surface area contributed by atoms with Gasteiger partial charge in [0.2, 0.25) is 5.75 Å². The summed E-state index contributed by atoms with van der Waals surface area (Å²) in [7, 11) is 1.24. The van der Waals surface area contributed by atoms with Gasteiger partial charge in [0.05, 0.1) is 40.9 Å². The summed E-state index contributed by atoms with van der Waals surface area (Å²) < 4.78 is 21.6. The number of esters is 1. The molecule has 0 aromatic heterocycles. The number of aliphatic hydroxyl groups is 1. The SMILES string of the molecule is CCOc1cc([C@@H]2NC(=O)NC(C)=C2C(=O)OC)ccc1OC[C@@H](O)N/N=C/c1cc(Br)c(OCC#N)c([N+](=O)[O-])c1. The van der Waals surface area contributed by atoms with Gasteiger partial charge >= 0.3 is 17.7 Å². The summed E-state index contributed by atoms with van der Waals surface area (Å²) in [5, 5.41) is 39.6. The van der Waals surface area contributed by atoms with Crippen molar-refractivity contribution in [2.75, 3.05) is 26.9 Å². The predicted octanol–water partition coefficient (Wildman–Crippen LogP) is 2.78. The van der Waals surface area contributed by atoms with E-state index in [1.54, 1.807) is 38.1 Å². The molecule has 2 atom stereocenters. The fourth-order valence-corrected chi connectivity index (χ4v) is 4.46. The monoisotopic (exact) mass is 646 g/mol. The Bertz CT molecular complexity index is 1460. The second-order valence-electron chi connectivity index (χ2n) is 8.47. The average Bonchev–Trinajstić information content (AvgIpc) is 2.95. The first-order valence-corrected chi connectivity index (χ1v) is 13.1. The molecule has 1 heterocycles. The lowest BCUT2D eigenvalue weighted by atomic mass is 9.95. The standard InChI is InChI=1S/C26H27BrN6O9/c1-4-40-20-11-16(23-22(25(35)39-3)14(2)30-26(36)31-23)5-6-19(20)42-13-21(34)32-29-12-15-9-17(27)24(41-8-7-28)18(10-15)33(37)38/h5-6,9-12,21,23,32,34H,4,8,13H2,1-3H3,(H2,30,31,36)/b29-12+/t21-,23+/m1/s1. The molecule has 1 aliphatic rings. The normalized spacial score (nSPS) is 15.2. The van der Waals surface area contributed by atoms with Gasteiger partial charge in [-0.05, 0) is 53.5 Å². The lowest BCUT2D eigenvalue weighted by molar-refractivity contribution is -0.385. The van der Waals surface area contributed by atoms with Crippen LogP contribution in [0.4, 0.5) is 10.5 Å². The number of halogens is 1. The highest BCUT2D eigenvalue weighted by Gasteiger charge is 2.32. The first-order valence-electron chi connectivity index (χ1n) is 12.3. The molecule has 2 aromatic rings. The van der Waals surface area contributed by atoms with E-state index in [9.17, 15) is 24.8 Å². The number of carbonyl (C=O) groups is 2. The number of nitriles is 1. The molecule has 0 aliphatic carbocycles. The number of rotatable bonds is 13. The molecule has 16 heteroatoms. The number of ether oxygens (including phenoxy) is 4. The Morgan fingerprint density at radius 2 is 2.07 bits per heavy atom. The maximum absolute atomic E-state index is 12.4. The van der Waals surface area contributed by atoms with Crippen molar-refractivity contribution in [2.45, 2.75) is 26.1 Å². The summed E-state index contributed by atoms with van der Waals surface area (Å²) in [5.41, 5.74) is 3.52. The Morgan fingerprint density at radius 1 is 1.31 bits per heavy atom. The third-order valence-electron chi connectivity index (χ3n) is 5.63. The maximum atomic E-state index is 12.4. The molecule has 0 saturated heterocycles. The van der Waals surface area contributed by atoms with Crippen molar-refractivity contribution in [1.29, 1.82) is 5.26 Å². The summed E-state index contributed by atoms with van der Waals surface area (Å²) in [4.78, 5) is 35.3. The van der Waals surface area contributed by atoms with E-state index in [-0.39, 0.29) is 47.1 Å². The van der Waals surface area contributed by atoms with E-state index < -0.39 is 29.2 Å². The molecule has 4 N–H and O–H groups in total. The fourth-order valence-electron chi connectivity index (χ4n) is 3.88. The number of aliphatic hydroxyl groups excluding tert-OH is 1. The number of amides is 2. The first-order chi connectivity index (χ1) is 20.1. The molecular weight excluding hydrogens is 620 g/mol. The lowest BCUT2D eigenvalue weighted by Gasteiger charge is -2.28. The van der Waals surface area contributed by atoms with Gasteiger partial charge in [-0.1, -0.05) is 6.07 Å². The number of nitro groups is 1. The number of methoxy groups -OCH3 is 1. The van der Waals surface area contributed by atoms with Crippen LogP contribution in [0.5, 0.6) is 17.2 Å². The van der Waals surface area contributed by atoms with Crippen LogP contribution in [0.2, 0.25) is 0 Å². The van der Waals surface area contributed by atoms with E-state index in [1.165, 1.54) is 25.5 Å². The third-order valence-corrected chi connectivity index (χ3v) is 6.22. The molecule has 1 aliphatic heterocycles. The topological polar surface area (TPSA) is 207 Å². The minimum Gasteiger partial charge on any atom is -0.490 e. The Morgan fingerprint density at radius 3 is 2.74 bits per heavy atom. The summed E-state index contributed by atoms with van der Waals surface area (Å²) >= 11 is 3.19. The quantitative estimate of drug-likeness (QED) is 0.0817. The number of hydrazone groups is 1. The number of hydrogen-bond donors (Lipinski definition) is 4. The molecule has 222 valence electrons. The number of nitrogens with zero attached hydrogens (tertiary/aromatic N) is 3. The molecule has 2 aromatic carbocycles. The molecule has 0 radical (unpaired) electrons. The molecule has 15 nitrogen and oxygen atoms in total. The van der Waals surface area contributed by atoms with Gasteiger partial charge in [0.25, 0.3) is 0 Å². The van der Waals surface area contributed by atoms with Gasteiger partial charge in [0.1, 0.15) is 12.7 Å². The van der Waals surface area contributed by atoms with E-state index in [4.69, 9.17) is 24.2 Å². The van der Waals surface area contributed by atoms with E-state index >= 15 is 0 Å². The largest absolute Gasteiger partial charge is 0.490 e. The zero-order chi connectivity index (χ0) is 30.8. The van der Waals surface area contributed by atoms with Crippen molar-refractivity contribution in [3.8, 4) is 23.3 Å². The highest BCUT2D eigenvalue weighted by Crippen LogP contribution is 2.36. The van der Waals surface area contributed by atoms with Crippen molar-refractivity contribution in [1.82, 2.24) is 16.1 Å². The van der Waals surface area contributed by atoms with Crippen LogP contribution in [0.15, 0.2) is 51.2 Å². The van der Waals surface area contributed by atoms with Gasteiger partial charge in [0.15, 0.2) is 24.3 Å². The summed E-state index contributed by atoms with van der Waals surface area (Å²) in [6, 6.07) is 7.98. The van der Waals surface area contributed by atoms with Crippen LogP contribution in [0.1, 0.15) is 31.0 Å². The van der Waals surface area contributed by atoms with Gasteiger partial charge in [-0.2, -0.15) is 10.4 Å². The second kappa shape index (κ2) is 14.7. The molecule has 0 bridgehead atoms. The fraction of sp³-hybridized carbons (Fsp3) is 0.308. The van der Waals surface area contributed by atoms with Crippen LogP contribution in [-0.4, -0.2) is 61.4 Å². The van der Waals surface area contributed by atoms with E-state index in [2.05, 4.69) is 37.1 Å². The van der Waals surface area contributed by atoms with Gasteiger partial charge in [-0.25, -0.2) is 9.59 Å². The van der Waals surface area contributed by atoms with Crippen LogP contribution in [-0.2, 0) is 9.53 Å². The zero-order valence-electron chi connectivity index (χ0n) is 22.7. The number of nitrogens with one attached hydrogen (secondary N) is 3. The van der Waals surface area contributed by atoms with Crippen molar-refractivity contribution in [3.05, 3.63) is 67.3 Å².